The Bertz CT molecular complexity index is 861. The number of hydrogen-bond donors (Lipinski definition) is 1. The van der Waals surface area contributed by atoms with Crippen LogP contribution in [-0.2, 0) is 6.18 Å². The predicted octanol–water partition coefficient (Wildman–Crippen LogP) is 4.38. The third kappa shape index (κ3) is 4.61. The lowest BCUT2D eigenvalue weighted by molar-refractivity contribution is -0.137. The highest BCUT2D eigenvalue weighted by atomic mass is 35.5. The van der Waals surface area contributed by atoms with Crippen LogP contribution in [0.1, 0.15) is 22.7 Å². The number of hydrogen-bond acceptors (Lipinski definition) is 5. The maximum absolute atomic E-state index is 13.4. The summed E-state index contributed by atoms with van der Waals surface area (Å²) in [4.78, 5) is 2.10. The van der Waals surface area contributed by atoms with Crippen LogP contribution in [0.15, 0.2) is 30.3 Å². The minimum Gasteiger partial charge on any atom is -0.493 e. The summed E-state index contributed by atoms with van der Waals surface area (Å²) in [6, 6.07) is 6.41. The topological polar surface area (TPSA) is 43.0 Å². The second-order valence-corrected chi connectivity index (χ2v) is 7.29. The average molecular weight is 445 g/mol. The number of halogens is 4. The molecule has 0 aliphatic carbocycles. The number of rotatable bonds is 6. The maximum Gasteiger partial charge on any atom is 0.416 e. The number of alkyl halides is 3. The zero-order chi connectivity index (χ0) is 21.9. The van der Waals surface area contributed by atoms with Crippen molar-refractivity contribution < 1.29 is 27.4 Å². The summed E-state index contributed by atoms with van der Waals surface area (Å²) in [6.45, 7) is 2.73. The molecule has 2 aromatic carbocycles. The summed E-state index contributed by atoms with van der Waals surface area (Å²) in [5, 5.41) is 3.53. The van der Waals surface area contributed by atoms with Crippen molar-refractivity contribution >= 4 is 11.6 Å². The Morgan fingerprint density at radius 1 is 0.967 bits per heavy atom. The molecule has 1 atom stereocenters. The molecule has 1 N–H and O–H groups in total. The summed E-state index contributed by atoms with van der Waals surface area (Å²) in [7, 11) is 4.49. The molecule has 0 aromatic heterocycles. The molecule has 0 amide bonds. The molecule has 1 saturated heterocycles. The summed E-state index contributed by atoms with van der Waals surface area (Å²) < 4.78 is 56.5. The molecule has 3 rings (SSSR count). The van der Waals surface area contributed by atoms with E-state index in [4.69, 9.17) is 25.8 Å². The Hall–Kier alpha value is -2.16. The van der Waals surface area contributed by atoms with Crippen LogP contribution in [0.25, 0.3) is 0 Å². The number of methoxy groups -OCH3 is 3. The molecular weight excluding hydrogens is 421 g/mol. The van der Waals surface area contributed by atoms with Crippen molar-refractivity contribution in [1.29, 1.82) is 0 Å². The Kier molecular flexibility index (Phi) is 7.00. The van der Waals surface area contributed by atoms with Crippen LogP contribution in [-0.4, -0.2) is 52.4 Å². The van der Waals surface area contributed by atoms with Crippen LogP contribution in [0.3, 0.4) is 0 Å². The summed E-state index contributed by atoms with van der Waals surface area (Å²) in [5.74, 6) is 1.27. The first-order chi connectivity index (χ1) is 14.3. The van der Waals surface area contributed by atoms with Crippen molar-refractivity contribution in [2.75, 3.05) is 47.5 Å². The van der Waals surface area contributed by atoms with Gasteiger partial charge < -0.3 is 19.5 Å². The van der Waals surface area contributed by atoms with E-state index in [2.05, 4.69) is 10.2 Å². The van der Waals surface area contributed by atoms with Crippen molar-refractivity contribution in [3.8, 4) is 17.2 Å². The highest BCUT2D eigenvalue weighted by Crippen LogP contribution is 2.44. The molecule has 1 aliphatic heterocycles. The molecule has 30 heavy (non-hydrogen) atoms. The van der Waals surface area contributed by atoms with Crippen LogP contribution in [0.2, 0.25) is 5.02 Å². The first kappa shape index (κ1) is 22.5. The Morgan fingerprint density at radius 2 is 1.57 bits per heavy atom. The molecule has 5 nitrogen and oxygen atoms in total. The van der Waals surface area contributed by atoms with Crippen molar-refractivity contribution in [2.45, 2.75) is 12.2 Å². The zero-order valence-corrected chi connectivity index (χ0v) is 17.7. The maximum atomic E-state index is 13.4. The smallest absolute Gasteiger partial charge is 0.416 e. The highest BCUT2D eigenvalue weighted by molar-refractivity contribution is 6.31. The average Bonchev–Trinajstić information content (AvgIpc) is 2.74. The summed E-state index contributed by atoms with van der Waals surface area (Å²) in [6.07, 6.45) is -4.47. The van der Waals surface area contributed by atoms with Crippen molar-refractivity contribution in [3.63, 3.8) is 0 Å². The first-order valence-electron chi connectivity index (χ1n) is 9.41. The van der Waals surface area contributed by atoms with E-state index in [1.54, 1.807) is 12.1 Å². The second kappa shape index (κ2) is 9.32. The largest absolute Gasteiger partial charge is 0.493 e. The Balaban J connectivity index is 2.20. The number of nitrogens with zero attached hydrogens (tertiary/aromatic N) is 1. The van der Waals surface area contributed by atoms with E-state index in [0.29, 0.717) is 41.5 Å². The zero-order valence-electron chi connectivity index (χ0n) is 17.0. The number of nitrogens with one attached hydrogen (secondary N) is 1. The lowest BCUT2D eigenvalue weighted by Gasteiger charge is -2.36. The van der Waals surface area contributed by atoms with Gasteiger partial charge >= 0.3 is 6.18 Å². The normalized spacial score (nSPS) is 16.2. The van der Waals surface area contributed by atoms with E-state index in [1.165, 1.54) is 27.4 Å². The third-order valence-electron chi connectivity index (χ3n) is 5.14. The van der Waals surface area contributed by atoms with Gasteiger partial charge in [-0.1, -0.05) is 11.6 Å². The van der Waals surface area contributed by atoms with Gasteiger partial charge in [-0.05, 0) is 41.5 Å². The van der Waals surface area contributed by atoms with Crippen molar-refractivity contribution in [2.24, 2.45) is 0 Å². The van der Waals surface area contributed by atoms with E-state index in [-0.39, 0.29) is 5.02 Å². The number of piperazine rings is 1. The van der Waals surface area contributed by atoms with Gasteiger partial charge in [-0.15, -0.1) is 0 Å². The van der Waals surface area contributed by atoms with Gasteiger partial charge in [0.25, 0.3) is 0 Å². The standard InChI is InChI=1S/C21H24ClF3N2O3/c1-28-17-10-13(11-18(29-2)20(17)30-3)19(27-8-6-26-7-9-27)15-12-14(21(23,24)25)4-5-16(15)22/h4-5,10-12,19,26H,6-9H2,1-3H3. The molecule has 1 fully saturated rings. The van der Waals surface area contributed by atoms with Gasteiger partial charge in [0.2, 0.25) is 5.75 Å². The molecule has 0 radical (unpaired) electrons. The fourth-order valence-electron chi connectivity index (χ4n) is 3.72. The Morgan fingerprint density at radius 3 is 2.07 bits per heavy atom. The monoisotopic (exact) mass is 444 g/mol. The van der Waals surface area contributed by atoms with Gasteiger partial charge in [0.05, 0.1) is 32.9 Å². The third-order valence-corrected chi connectivity index (χ3v) is 5.48. The fraction of sp³-hybridized carbons (Fsp3) is 0.429. The first-order valence-corrected chi connectivity index (χ1v) is 9.79. The van der Waals surface area contributed by atoms with E-state index in [0.717, 1.165) is 25.2 Å². The molecule has 0 bridgehead atoms. The van der Waals surface area contributed by atoms with E-state index >= 15 is 0 Å². The molecule has 0 spiro atoms. The van der Waals surface area contributed by atoms with Crippen LogP contribution < -0.4 is 19.5 Å². The molecule has 9 heteroatoms. The van der Waals surface area contributed by atoms with Gasteiger partial charge in [0.1, 0.15) is 0 Å². The SMILES string of the molecule is COc1cc(C(c2cc(C(F)(F)F)ccc2Cl)N2CCNCC2)cc(OC)c1OC. The van der Waals surface area contributed by atoms with Gasteiger partial charge in [-0.2, -0.15) is 13.2 Å². The number of ether oxygens (including phenoxy) is 3. The lowest BCUT2D eigenvalue weighted by Crippen LogP contribution is -2.45. The fourth-order valence-corrected chi connectivity index (χ4v) is 3.94. The van der Waals surface area contributed by atoms with Crippen molar-refractivity contribution in [1.82, 2.24) is 10.2 Å². The van der Waals surface area contributed by atoms with E-state index in [1.807, 2.05) is 0 Å². The minimum atomic E-state index is -4.47. The summed E-state index contributed by atoms with van der Waals surface area (Å²) in [5.41, 5.74) is 0.338. The van der Waals surface area contributed by atoms with Crippen LogP contribution >= 0.6 is 11.6 Å². The molecular formula is C21H24ClF3N2O3. The molecule has 0 saturated carbocycles. The molecule has 164 valence electrons. The predicted molar refractivity (Wildman–Crippen MR) is 109 cm³/mol. The van der Waals surface area contributed by atoms with E-state index in [9.17, 15) is 13.2 Å². The van der Waals surface area contributed by atoms with Gasteiger partial charge in [-0.3, -0.25) is 4.90 Å². The van der Waals surface area contributed by atoms with E-state index < -0.39 is 17.8 Å². The Labute approximate surface area is 178 Å². The molecule has 1 unspecified atom stereocenters. The quantitative estimate of drug-likeness (QED) is 0.716. The molecule has 2 aromatic rings. The molecule has 1 heterocycles. The van der Waals surface area contributed by atoms with Crippen LogP contribution in [0, 0.1) is 0 Å². The van der Waals surface area contributed by atoms with Gasteiger partial charge in [0, 0.05) is 31.2 Å². The highest BCUT2D eigenvalue weighted by Gasteiger charge is 2.34. The number of benzene rings is 2. The second-order valence-electron chi connectivity index (χ2n) is 6.88. The summed E-state index contributed by atoms with van der Waals surface area (Å²) >= 11 is 6.42. The van der Waals surface area contributed by atoms with Crippen LogP contribution in [0.4, 0.5) is 13.2 Å². The molecule has 1 aliphatic rings. The lowest BCUT2D eigenvalue weighted by atomic mass is 9.94. The minimum absolute atomic E-state index is 0.264. The van der Waals surface area contributed by atoms with Gasteiger partial charge in [-0.25, -0.2) is 0 Å². The van der Waals surface area contributed by atoms with Crippen molar-refractivity contribution in [3.05, 3.63) is 52.0 Å². The van der Waals surface area contributed by atoms with Crippen LogP contribution in [0.5, 0.6) is 17.2 Å². The van der Waals surface area contributed by atoms with Gasteiger partial charge in [0.15, 0.2) is 11.5 Å².